The molecule has 0 aromatic heterocycles. The highest BCUT2D eigenvalue weighted by Crippen LogP contribution is 2.38. The molecule has 0 unspecified atom stereocenters. The fourth-order valence-electron chi connectivity index (χ4n) is 1.69. The molecule has 0 saturated carbocycles. The summed E-state index contributed by atoms with van der Waals surface area (Å²) in [6.07, 6.45) is 0. The van der Waals surface area contributed by atoms with Gasteiger partial charge in [0.05, 0.1) is 13.2 Å². The van der Waals surface area contributed by atoms with E-state index in [-0.39, 0.29) is 23.9 Å². The fourth-order valence-corrected chi connectivity index (χ4v) is 2.92. The molecule has 4 nitrogen and oxygen atoms in total. The van der Waals surface area contributed by atoms with E-state index >= 15 is 0 Å². The molecular formula is C15H28O4S. The molecule has 20 heavy (non-hydrogen) atoms. The van der Waals surface area contributed by atoms with Crippen LogP contribution in [-0.2, 0) is 19.1 Å². The number of thioether (sulfide) groups is 1. The Morgan fingerprint density at radius 3 is 1.65 bits per heavy atom. The van der Waals surface area contributed by atoms with E-state index in [1.165, 1.54) is 0 Å². The lowest BCUT2D eigenvalue weighted by molar-refractivity contribution is -0.173. The fraction of sp³-hybridized carbons (Fsp3) is 0.867. The molecule has 0 heterocycles. The number of rotatable bonds is 7. The van der Waals surface area contributed by atoms with E-state index in [9.17, 15) is 9.59 Å². The summed E-state index contributed by atoms with van der Waals surface area (Å²) in [6.45, 7) is 13.9. The lowest BCUT2D eigenvalue weighted by atomic mass is 9.79. The van der Waals surface area contributed by atoms with Crippen LogP contribution in [0, 0.1) is 11.3 Å². The first-order chi connectivity index (χ1) is 9.11. The summed E-state index contributed by atoms with van der Waals surface area (Å²) >= 11 is 1.58. The van der Waals surface area contributed by atoms with Gasteiger partial charge in [0, 0.05) is 10.5 Å². The Morgan fingerprint density at radius 1 is 1.00 bits per heavy atom. The third-order valence-corrected chi connectivity index (χ3v) is 4.46. The van der Waals surface area contributed by atoms with Crippen LogP contribution in [0.1, 0.15) is 48.5 Å². The quantitative estimate of drug-likeness (QED) is 0.533. The molecule has 0 fully saturated rings. The zero-order valence-corrected chi connectivity index (χ0v) is 14.6. The summed E-state index contributed by atoms with van der Waals surface area (Å²) in [4.78, 5) is 24.8. The third kappa shape index (κ3) is 5.00. The van der Waals surface area contributed by atoms with Gasteiger partial charge in [0.15, 0.2) is 5.41 Å². The van der Waals surface area contributed by atoms with Gasteiger partial charge in [-0.05, 0) is 19.8 Å². The summed E-state index contributed by atoms with van der Waals surface area (Å²) in [6, 6.07) is 0. The van der Waals surface area contributed by atoms with Crippen molar-refractivity contribution >= 4 is 23.7 Å². The van der Waals surface area contributed by atoms with Crippen LogP contribution in [0.5, 0.6) is 0 Å². The second-order valence-electron chi connectivity index (χ2n) is 5.97. The van der Waals surface area contributed by atoms with E-state index < -0.39 is 17.4 Å². The summed E-state index contributed by atoms with van der Waals surface area (Å²) < 4.78 is 10.3. The highest BCUT2D eigenvalue weighted by molar-refractivity contribution is 8.00. The topological polar surface area (TPSA) is 52.6 Å². The predicted octanol–water partition coefficient (Wildman–Crippen LogP) is 3.29. The van der Waals surface area contributed by atoms with E-state index in [1.54, 1.807) is 25.6 Å². The Labute approximate surface area is 127 Å². The molecule has 0 amide bonds. The molecule has 0 aliphatic heterocycles. The molecule has 0 aromatic carbocycles. The van der Waals surface area contributed by atoms with Crippen LogP contribution in [0.3, 0.4) is 0 Å². The van der Waals surface area contributed by atoms with Crippen molar-refractivity contribution < 1.29 is 19.1 Å². The van der Waals surface area contributed by atoms with Crippen LogP contribution in [0.4, 0.5) is 0 Å². The van der Waals surface area contributed by atoms with E-state index in [2.05, 4.69) is 20.8 Å². The van der Waals surface area contributed by atoms with Crippen molar-refractivity contribution in [2.45, 2.75) is 53.2 Å². The minimum absolute atomic E-state index is 0.0425. The Hall–Kier alpha value is -0.710. The molecule has 5 heteroatoms. The first-order valence-electron chi connectivity index (χ1n) is 7.10. The molecule has 0 atom stereocenters. The maximum absolute atomic E-state index is 12.4. The molecule has 0 radical (unpaired) electrons. The molecule has 0 aliphatic rings. The Kier molecular flexibility index (Phi) is 7.63. The van der Waals surface area contributed by atoms with Crippen LogP contribution in [0.2, 0.25) is 0 Å². The Morgan fingerprint density at radius 2 is 1.40 bits per heavy atom. The minimum atomic E-state index is -1.23. The van der Waals surface area contributed by atoms with Crippen molar-refractivity contribution in [2.75, 3.05) is 19.0 Å². The molecule has 0 aliphatic carbocycles. The molecule has 0 N–H and O–H groups in total. The largest absolute Gasteiger partial charge is 0.465 e. The lowest BCUT2D eigenvalue weighted by Gasteiger charge is -2.34. The monoisotopic (exact) mass is 304 g/mol. The van der Waals surface area contributed by atoms with Gasteiger partial charge in [0.2, 0.25) is 0 Å². The molecule has 0 bridgehead atoms. The normalized spacial score (nSPS) is 12.4. The molecule has 118 valence electrons. The van der Waals surface area contributed by atoms with E-state index in [4.69, 9.17) is 9.47 Å². The van der Waals surface area contributed by atoms with Gasteiger partial charge in [-0.1, -0.05) is 34.6 Å². The average molecular weight is 304 g/mol. The van der Waals surface area contributed by atoms with E-state index in [1.807, 2.05) is 13.8 Å². The van der Waals surface area contributed by atoms with Crippen LogP contribution in [0.15, 0.2) is 0 Å². The lowest BCUT2D eigenvalue weighted by Crippen LogP contribution is -2.49. The van der Waals surface area contributed by atoms with Crippen LogP contribution >= 0.6 is 11.8 Å². The summed E-state index contributed by atoms with van der Waals surface area (Å²) in [5.74, 6) is -0.780. The van der Waals surface area contributed by atoms with Crippen molar-refractivity contribution in [3.05, 3.63) is 0 Å². The molecule has 0 saturated heterocycles. The van der Waals surface area contributed by atoms with Crippen molar-refractivity contribution in [1.29, 1.82) is 0 Å². The third-order valence-electron chi connectivity index (χ3n) is 3.00. The highest BCUT2D eigenvalue weighted by atomic mass is 32.2. The first-order valence-corrected chi connectivity index (χ1v) is 8.08. The summed E-state index contributed by atoms with van der Waals surface area (Å²) in [5.41, 5.74) is -1.23. The van der Waals surface area contributed by atoms with Gasteiger partial charge in [-0.3, -0.25) is 9.59 Å². The molecular weight excluding hydrogens is 276 g/mol. The second-order valence-corrected chi connectivity index (χ2v) is 7.77. The molecule has 0 rings (SSSR count). The van der Waals surface area contributed by atoms with Crippen molar-refractivity contribution in [3.63, 3.8) is 0 Å². The van der Waals surface area contributed by atoms with Crippen LogP contribution in [0.25, 0.3) is 0 Å². The smallest absolute Gasteiger partial charge is 0.324 e. The van der Waals surface area contributed by atoms with Gasteiger partial charge in [0.25, 0.3) is 0 Å². The second kappa shape index (κ2) is 7.91. The number of esters is 2. The minimum Gasteiger partial charge on any atom is -0.465 e. The average Bonchev–Trinajstić information content (AvgIpc) is 2.28. The number of ether oxygens (including phenoxy) is 2. The van der Waals surface area contributed by atoms with Crippen molar-refractivity contribution in [2.24, 2.45) is 11.3 Å². The highest BCUT2D eigenvalue weighted by Gasteiger charge is 2.52. The Balaban J connectivity index is 5.45. The number of carbonyl (C=O) groups is 2. The van der Waals surface area contributed by atoms with Crippen LogP contribution in [-0.4, -0.2) is 35.7 Å². The summed E-state index contributed by atoms with van der Waals surface area (Å²) in [7, 11) is 0. The standard InChI is InChI=1S/C15H28O4S/c1-8-18-12(16)15(11(3)4,13(17)19-9-2)10-20-14(5,6)7/h11H,8-10H2,1-7H3. The van der Waals surface area contributed by atoms with Gasteiger partial charge < -0.3 is 9.47 Å². The van der Waals surface area contributed by atoms with E-state index in [0.29, 0.717) is 5.75 Å². The Bertz CT molecular complexity index is 313. The number of carbonyl (C=O) groups excluding carboxylic acids is 2. The van der Waals surface area contributed by atoms with E-state index in [0.717, 1.165) is 0 Å². The van der Waals surface area contributed by atoms with Gasteiger partial charge >= 0.3 is 11.9 Å². The van der Waals surface area contributed by atoms with Crippen molar-refractivity contribution in [3.8, 4) is 0 Å². The number of hydrogen-bond acceptors (Lipinski definition) is 5. The van der Waals surface area contributed by atoms with Crippen molar-refractivity contribution in [1.82, 2.24) is 0 Å². The van der Waals surface area contributed by atoms with Gasteiger partial charge in [-0.2, -0.15) is 11.8 Å². The number of hydrogen-bond donors (Lipinski definition) is 0. The first kappa shape index (κ1) is 19.3. The predicted molar refractivity (Wildman–Crippen MR) is 82.7 cm³/mol. The maximum Gasteiger partial charge on any atom is 0.324 e. The van der Waals surface area contributed by atoms with Gasteiger partial charge in [-0.25, -0.2) is 0 Å². The SMILES string of the molecule is CCOC(=O)C(CSC(C)(C)C)(C(=O)OCC)C(C)C. The molecule has 0 aromatic rings. The zero-order chi connectivity index (χ0) is 16.0. The summed E-state index contributed by atoms with van der Waals surface area (Å²) in [5, 5.41) is 0. The van der Waals surface area contributed by atoms with Gasteiger partial charge in [-0.15, -0.1) is 0 Å². The maximum atomic E-state index is 12.4. The van der Waals surface area contributed by atoms with Gasteiger partial charge in [0.1, 0.15) is 0 Å². The molecule has 0 spiro atoms. The van der Waals surface area contributed by atoms with Crippen LogP contribution < -0.4 is 0 Å². The zero-order valence-electron chi connectivity index (χ0n) is 13.7.